The summed E-state index contributed by atoms with van der Waals surface area (Å²) in [6.07, 6.45) is 0. The van der Waals surface area contributed by atoms with Gasteiger partial charge in [0.1, 0.15) is 6.04 Å². The largest absolute Gasteiger partial charge is 0.379 e. The molecule has 0 radical (unpaired) electrons. The van der Waals surface area contributed by atoms with E-state index >= 15 is 0 Å². The number of amides is 1. The van der Waals surface area contributed by atoms with Crippen molar-refractivity contribution in [3.63, 3.8) is 0 Å². The minimum atomic E-state index is -0.592. The Morgan fingerprint density at radius 1 is 1.32 bits per heavy atom. The van der Waals surface area contributed by atoms with Crippen molar-refractivity contribution < 1.29 is 9.53 Å². The van der Waals surface area contributed by atoms with E-state index in [-0.39, 0.29) is 5.91 Å². The third-order valence-electron chi connectivity index (χ3n) is 3.27. The van der Waals surface area contributed by atoms with Gasteiger partial charge in [-0.05, 0) is 5.56 Å². The highest BCUT2D eigenvalue weighted by Crippen LogP contribution is 2.08. The molecule has 1 aromatic rings. The van der Waals surface area contributed by atoms with Crippen LogP contribution in [0.3, 0.4) is 0 Å². The topological polar surface area (TPSA) is 67.6 Å². The third kappa shape index (κ3) is 4.31. The minimum absolute atomic E-state index is 0.126. The molecule has 1 aromatic carbocycles. The maximum atomic E-state index is 11.9. The van der Waals surface area contributed by atoms with Crippen molar-refractivity contribution >= 4 is 5.91 Å². The van der Waals surface area contributed by atoms with Crippen molar-refractivity contribution in [1.29, 1.82) is 0 Å². The lowest BCUT2D eigenvalue weighted by atomic mass is 10.1. The molecule has 5 heteroatoms. The highest BCUT2D eigenvalue weighted by molar-refractivity contribution is 5.82. The molecular weight excluding hydrogens is 242 g/mol. The molecule has 1 fully saturated rings. The Bertz CT molecular complexity index is 391. The van der Waals surface area contributed by atoms with E-state index in [2.05, 4.69) is 10.2 Å². The Hall–Kier alpha value is -1.43. The van der Waals surface area contributed by atoms with Gasteiger partial charge in [-0.25, -0.2) is 0 Å². The van der Waals surface area contributed by atoms with Gasteiger partial charge in [-0.1, -0.05) is 30.3 Å². The van der Waals surface area contributed by atoms with Crippen LogP contribution in [0.5, 0.6) is 0 Å². The van der Waals surface area contributed by atoms with Crippen LogP contribution in [0.1, 0.15) is 11.6 Å². The van der Waals surface area contributed by atoms with Crippen LogP contribution in [0.4, 0.5) is 0 Å². The van der Waals surface area contributed by atoms with E-state index in [1.54, 1.807) is 0 Å². The average Bonchev–Trinajstić information content (AvgIpc) is 2.48. The second-order valence-electron chi connectivity index (χ2n) is 4.63. The third-order valence-corrected chi connectivity index (χ3v) is 3.27. The van der Waals surface area contributed by atoms with Crippen LogP contribution in [0.15, 0.2) is 30.3 Å². The molecule has 1 atom stereocenters. The lowest BCUT2D eigenvalue weighted by Gasteiger charge is -2.26. The molecular formula is C14H21N3O2. The van der Waals surface area contributed by atoms with Crippen molar-refractivity contribution in [3.8, 4) is 0 Å². The normalized spacial score (nSPS) is 17.9. The Kier molecular flexibility index (Phi) is 5.32. The Balaban J connectivity index is 1.72. The van der Waals surface area contributed by atoms with Crippen molar-refractivity contribution in [2.24, 2.45) is 5.73 Å². The van der Waals surface area contributed by atoms with Crippen molar-refractivity contribution in [2.45, 2.75) is 6.04 Å². The number of benzene rings is 1. The zero-order valence-electron chi connectivity index (χ0n) is 11.0. The lowest BCUT2D eigenvalue weighted by Crippen LogP contribution is -2.43. The smallest absolute Gasteiger partial charge is 0.241 e. The van der Waals surface area contributed by atoms with Gasteiger partial charge in [0.15, 0.2) is 0 Å². The summed E-state index contributed by atoms with van der Waals surface area (Å²) in [5.74, 6) is -0.126. The maximum Gasteiger partial charge on any atom is 0.241 e. The van der Waals surface area contributed by atoms with E-state index in [1.807, 2.05) is 30.3 Å². The second-order valence-corrected chi connectivity index (χ2v) is 4.63. The molecule has 19 heavy (non-hydrogen) atoms. The molecule has 2 rings (SSSR count). The first kappa shape index (κ1) is 14.0. The van der Waals surface area contributed by atoms with Crippen molar-refractivity contribution in [3.05, 3.63) is 35.9 Å². The van der Waals surface area contributed by atoms with E-state index < -0.39 is 6.04 Å². The maximum absolute atomic E-state index is 11.9. The summed E-state index contributed by atoms with van der Waals surface area (Å²) in [5.41, 5.74) is 6.75. The number of rotatable bonds is 5. The van der Waals surface area contributed by atoms with E-state index in [0.717, 1.165) is 38.4 Å². The first-order chi connectivity index (χ1) is 9.27. The van der Waals surface area contributed by atoms with Crippen molar-refractivity contribution in [1.82, 2.24) is 10.2 Å². The molecule has 0 aliphatic carbocycles. The first-order valence-electron chi connectivity index (χ1n) is 6.66. The van der Waals surface area contributed by atoms with Gasteiger partial charge >= 0.3 is 0 Å². The molecule has 3 N–H and O–H groups in total. The molecule has 1 amide bonds. The van der Waals surface area contributed by atoms with E-state index in [1.165, 1.54) is 0 Å². The van der Waals surface area contributed by atoms with Crippen LogP contribution in [-0.4, -0.2) is 50.2 Å². The van der Waals surface area contributed by atoms with Gasteiger partial charge in [-0.2, -0.15) is 0 Å². The predicted molar refractivity (Wildman–Crippen MR) is 73.6 cm³/mol. The van der Waals surface area contributed by atoms with Gasteiger partial charge < -0.3 is 15.8 Å². The minimum Gasteiger partial charge on any atom is -0.379 e. The molecule has 0 aromatic heterocycles. The van der Waals surface area contributed by atoms with Crippen molar-refractivity contribution in [2.75, 3.05) is 39.4 Å². The summed E-state index contributed by atoms with van der Waals surface area (Å²) in [7, 11) is 0. The molecule has 104 valence electrons. The van der Waals surface area contributed by atoms with E-state index in [4.69, 9.17) is 10.5 Å². The average molecular weight is 263 g/mol. The summed E-state index contributed by atoms with van der Waals surface area (Å²) in [6, 6.07) is 8.82. The molecule has 1 saturated heterocycles. The molecule has 0 saturated carbocycles. The van der Waals surface area contributed by atoms with Gasteiger partial charge in [0, 0.05) is 26.2 Å². The van der Waals surface area contributed by atoms with Crippen LogP contribution in [0.2, 0.25) is 0 Å². The summed E-state index contributed by atoms with van der Waals surface area (Å²) in [6.45, 7) is 4.88. The van der Waals surface area contributed by atoms with E-state index in [0.29, 0.717) is 6.54 Å². The SMILES string of the molecule is N[C@H](C(=O)NCCN1CCOCC1)c1ccccc1. The fourth-order valence-corrected chi connectivity index (χ4v) is 2.08. The first-order valence-corrected chi connectivity index (χ1v) is 6.66. The zero-order valence-corrected chi connectivity index (χ0v) is 11.0. The number of carbonyl (C=O) groups is 1. The number of carbonyl (C=O) groups excluding carboxylic acids is 1. The van der Waals surface area contributed by atoms with Gasteiger partial charge in [0.25, 0.3) is 0 Å². The molecule has 0 unspecified atom stereocenters. The number of hydrogen-bond donors (Lipinski definition) is 2. The van der Waals surface area contributed by atoms with Crippen LogP contribution in [0.25, 0.3) is 0 Å². The number of ether oxygens (including phenoxy) is 1. The second kappa shape index (κ2) is 7.23. The summed E-state index contributed by atoms with van der Waals surface area (Å²) in [4.78, 5) is 14.2. The van der Waals surface area contributed by atoms with E-state index in [9.17, 15) is 4.79 Å². The monoisotopic (exact) mass is 263 g/mol. The van der Waals surface area contributed by atoms with Gasteiger partial charge in [0.2, 0.25) is 5.91 Å². The molecule has 1 aliphatic rings. The summed E-state index contributed by atoms with van der Waals surface area (Å²) >= 11 is 0. The van der Waals surface area contributed by atoms with Crippen LogP contribution < -0.4 is 11.1 Å². The fraction of sp³-hybridized carbons (Fsp3) is 0.500. The molecule has 5 nitrogen and oxygen atoms in total. The number of nitrogens with one attached hydrogen (secondary N) is 1. The summed E-state index contributed by atoms with van der Waals surface area (Å²) < 4.78 is 5.27. The highest BCUT2D eigenvalue weighted by atomic mass is 16.5. The zero-order chi connectivity index (χ0) is 13.5. The highest BCUT2D eigenvalue weighted by Gasteiger charge is 2.15. The number of nitrogens with zero attached hydrogens (tertiary/aromatic N) is 1. The van der Waals surface area contributed by atoms with Gasteiger partial charge in [-0.15, -0.1) is 0 Å². The predicted octanol–water partition coefficient (Wildman–Crippen LogP) is 0.135. The van der Waals surface area contributed by atoms with Gasteiger partial charge in [0.05, 0.1) is 13.2 Å². The lowest BCUT2D eigenvalue weighted by molar-refractivity contribution is -0.122. The van der Waals surface area contributed by atoms with Crippen LogP contribution >= 0.6 is 0 Å². The molecule has 0 spiro atoms. The van der Waals surface area contributed by atoms with Gasteiger partial charge in [-0.3, -0.25) is 9.69 Å². The quantitative estimate of drug-likeness (QED) is 0.792. The molecule has 0 bridgehead atoms. The Morgan fingerprint density at radius 3 is 2.68 bits per heavy atom. The summed E-state index contributed by atoms with van der Waals surface area (Å²) in [5, 5.41) is 2.88. The molecule has 1 heterocycles. The number of morpholine rings is 1. The molecule has 1 aliphatic heterocycles. The standard InChI is InChI=1S/C14H21N3O2/c15-13(12-4-2-1-3-5-12)14(18)16-6-7-17-8-10-19-11-9-17/h1-5,13H,6-11,15H2,(H,16,18)/t13-/m0/s1. The van der Waals surface area contributed by atoms with Crippen LogP contribution in [-0.2, 0) is 9.53 Å². The number of hydrogen-bond acceptors (Lipinski definition) is 4. The Morgan fingerprint density at radius 2 is 2.00 bits per heavy atom. The Labute approximate surface area is 113 Å². The number of nitrogens with two attached hydrogens (primary N) is 1. The fourth-order valence-electron chi connectivity index (χ4n) is 2.08. The van der Waals surface area contributed by atoms with Crippen LogP contribution in [0, 0.1) is 0 Å².